The molecule has 1 aromatic carbocycles. The molecule has 4 heteroatoms. The van der Waals surface area contributed by atoms with E-state index < -0.39 is 0 Å². The molecule has 1 aromatic rings. The third-order valence-electron chi connectivity index (χ3n) is 3.53. The maximum absolute atomic E-state index is 5.49. The first-order chi connectivity index (χ1) is 10.1. The number of thioether (sulfide) groups is 1. The summed E-state index contributed by atoms with van der Waals surface area (Å²) in [6.45, 7) is 8.15. The molecule has 0 bridgehead atoms. The molecule has 2 N–H and O–H groups in total. The van der Waals surface area contributed by atoms with Crippen molar-refractivity contribution in [2.45, 2.75) is 30.9 Å². The molecule has 1 aliphatic heterocycles. The molecule has 0 aromatic heterocycles. The summed E-state index contributed by atoms with van der Waals surface area (Å²) in [6, 6.07) is 6.08. The fourth-order valence-electron chi connectivity index (χ4n) is 2.75. The van der Waals surface area contributed by atoms with Crippen molar-refractivity contribution in [1.29, 1.82) is 0 Å². The minimum absolute atomic E-state index is 0.389. The topological polar surface area (TPSA) is 38.5 Å². The molecule has 0 saturated carbocycles. The molecule has 2 atom stereocenters. The van der Waals surface area contributed by atoms with Gasteiger partial charge in [-0.25, -0.2) is 0 Å². The first-order valence-electron chi connectivity index (χ1n) is 7.36. The smallest absolute Gasteiger partial charge is 0.119 e. The lowest BCUT2D eigenvalue weighted by Gasteiger charge is -2.34. The van der Waals surface area contributed by atoms with E-state index in [4.69, 9.17) is 10.5 Å². The Morgan fingerprint density at radius 2 is 2.05 bits per heavy atom. The van der Waals surface area contributed by atoms with Crippen LogP contribution in [0.25, 0.3) is 0 Å². The first-order valence-corrected chi connectivity index (χ1v) is 8.30. The first kappa shape index (κ1) is 16.2. The molecular weight excluding hydrogens is 280 g/mol. The number of nitrogens with zero attached hydrogens (tertiary/aromatic N) is 1. The molecule has 21 heavy (non-hydrogen) atoms. The SMILES string of the molecule is COc1ccc(C#CCN)c(CN2CC(C)SC(C)C2)c1. The van der Waals surface area contributed by atoms with Gasteiger partial charge in [0.2, 0.25) is 0 Å². The van der Waals surface area contributed by atoms with Gasteiger partial charge in [0.15, 0.2) is 0 Å². The van der Waals surface area contributed by atoms with Crippen LogP contribution in [0.4, 0.5) is 0 Å². The van der Waals surface area contributed by atoms with E-state index in [1.165, 1.54) is 5.56 Å². The van der Waals surface area contributed by atoms with Crippen molar-refractivity contribution in [3.63, 3.8) is 0 Å². The van der Waals surface area contributed by atoms with E-state index in [2.05, 4.69) is 48.4 Å². The average Bonchev–Trinajstić information content (AvgIpc) is 2.44. The third kappa shape index (κ3) is 4.67. The van der Waals surface area contributed by atoms with E-state index >= 15 is 0 Å². The number of ether oxygens (including phenoxy) is 1. The van der Waals surface area contributed by atoms with Crippen LogP contribution in [0.2, 0.25) is 0 Å². The number of hydrogen-bond acceptors (Lipinski definition) is 4. The van der Waals surface area contributed by atoms with Crippen LogP contribution in [0, 0.1) is 11.8 Å². The van der Waals surface area contributed by atoms with Crippen LogP contribution in [0.15, 0.2) is 18.2 Å². The van der Waals surface area contributed by atoms with Crippen LogP contribution in [0.1, 0.15) is 25.0 Å². The molecule has 0 amide bonds. The molecule has 3 nitrogen and oxygen atoms in total. The molecule has 2 unspecified atom stereocenters. The highest BCUT2D eigenvalue weighted by molar-refractivity contribution is 8.00. The highest BCUT2D eigenvalue weighted by Crippen LogP contribution is 2.27. The molecule has 0 spiro atoms. The van der Waals surface area contributed by atoms with Crippen molar-refractivity contribution in [2.24, 2.45) is 5.73 Å². The van der Waals surface area contributed by atoms with Crippen LogP contribution in [-0.4, -0.2) is 42.1 Å². The van der Waals surface area contributed by atoms with Crippen LogP contribution < -0.4 is 10.5 Å². The van der Waals surface area contributed by atoms with Gasteiger partial charge in [0, 0.05) is 35.7 Å². The van der Waals surface area contributed by atoms with Gasteiger partial charge in [-0.1, -0.05) is 25.7 Å². The van der Waals surface area contributed by atoms with Crippen molar-refractivity contribution >= 4 is 11.8 Å². The summed E-state index contributed by atoms with van der Waals surface area (Å²) in [4.78, 5) is 2.51. The van der Waals surface area contributed by atoms with Gasteiger partial charge in [-0.3, -0.25) is 4.90 Å². The Morgan fingerprint density at radius 1 is 1.33 bits per heavy atom. The highest BCUT2D eigenvalue weighted by Gasteiger charge is 2.22. The molecule has 114 valence electrons. The molecule has 2 rings (SSSR count). The molecular formula is C17H24N2OS. The minimum atomic E-state index is 0.389. The largest absolute Gasteiger partial charge is 0.497 e. The fourth-order valence-corrected chi connectivity index (χ4v) is 4.14. The Morgan fingerprint density at radius 3 is 2.67 bits per heavy atom. The monoisotopic (exact) mass is 304 g/mol. The normalized spacial score (nSPS) is 22.5. The van der Waals surface area contributed by atoms with Gasteiger partial charge in [0.25, 0.3) is 0 Å². The number of nitrogens with two attached hydrogens (primary N) is 1. The second-order valence-corrected chi connectivity index (χ2v) is 7.36. The Hall–Kier alpha value is -1.15. The lowest BCUT2D eigenvalue weighted by molar-refractivity contribution is 0.262. The standard InChI is InChI=1S/C17H24N2OS/c1-13-10-19(11-14(2)21-13)12-16-9-17(20-3)7-6-15(16)5-4-8-18/h6-7,9,13-14H,8,10-12,18H2,1-3H3. The Labute approximate surface area is 132 Å². The summed E-state index contributed by atoms with van der Waals surface area (Å²) in [6.07, 6.45) is 0. The van der Waals surface area contributed by atoms with E-state index in [0.717, 1.165) is 30.9 Å². The van der Waals surface area contributed by atoms with Gasteiger partial charge in [-0.2, -0.15) is 11.8 Å². The second-order valence-electron chi connectivity index (χ2n) is 5.48. The van der Waals surface area contributed by atoms with Gasteiger partial charge < -0.3 is 10.5 Å². The predicted octanol–water partition coefficient (Wildman–Crippen LogP) is 2.33. The van der Waals surface area contributed by atoms with Crippen molar-refractivity contribution in [3.05, 3.63) is 29.3 Å². The van der Waals surface area contributed by atoms with E-state index in [0.29, 0.717) is 17.0 Å². The predicted molar refractivity (Wildman–Crippen MR) is 90.7 cm³/mol. The van der Waals surface area contributed by atoms with Crippen molar-refractivity contribution < 1.29 is 4.74 Å². The van der Waals surface area contributed by atoms with Crippen LogP contribution in [-0.2, 0) is 6.54 Å². The summed E-state index contributed by atoms with van der Waals surface area (Å²) < 4.78 is 5.35. The van der Waals surface area contributed by atoms with Gasteiger partial charge in [0.05, 0.1) is 13.7 Å². The molecule has 0 radical (unpaired) electrons. The summed E-state index contributed by atoms with van der Waals surface area (Å²) >= 11 is 2.07. The van der Waals surface area contributed by atoms with Crippen molar-refractivity contribution in [2.75, 3.05) is 26.7 Å². The summed E-state index contributed by atoms with van der Waals surface area (Å²) in [5.74, 6) is 7.01. The Kier molecular flexibility index (Phi) is 5.98. The third-order valence-corrected chi connectivity index (χ3v) is 4.75. The van der Waals surface area contributed by atoms with E-state index in [-0.39, 0.29) is 0 Å². The zero-order chi connectivity index (χ0) is 15.2. The number of rotatable bonds is 3. The lowest BCUT2D eigenvalue weighted by atomic mass is 10.1. The molecule has 1 fully saturated rings. The maximum Gasteiger partial charge on any atom is 0.119 e. The molecule has 0 aliphatic carbocycles. The highest BCUT2D eigenvalue weighted by atomic mass is 32.2. The average molecular weight is 304 g/mol. The second kappa shape index (κ2) is 7.74. The number of hydrogen-bond donors (Lipinski definition) is 1. The zero-order valence-corrected chi connectivity index (χ0v) is 13.9. The number of methoxy groups -OCH3 is 1. The molecule has 1 aliphatic rings. The number of benzene rings is 1. The van der Waals surface area contributed by atoms with Gasteiger partial charge >= 0.3 is 0 Å². The van der Waals surface area contributed by atoms with E-state index in [1.807, 2.05) is 12.1 Å². The summed E-state index contributed by atoms with van der Waals surface area (Å²) in [7, 11) is 1.70. The van der Waals surface area contributed by atoms with E-state index in [9.17, 15) is 0 Å². The Balaban J connectivity index is 2.20. The van der Waals surface area contributed by atoms with Crippen LogP contribution >= 0.6 is 11.8 Å². The van der Waals surface area contributed by atoms with Gasteiger partial charge in [-0.05, 0) is 23.8 Å². The van der Waals surface area contributed by atoms with Gasteiger partial charge in [0.1, 0.15) is 5.75 Å². The van der Waals surface area contributed by atoms with Crippen LogP contribution in [0.5, 0.6) is 5.75 Å². The van der Waals surface area contributed by atoms with Crippen molar-refractivity contribution in [3.8, 4) is 17.6 Å². The molecule has 1 saturated heterocycles. The maximum atomic E-state index is 5.49. The fraction of sp³-hybridized carbons (Fsp3) is 0.529. The van der Waals surface area contributed by atoms with Crippen molar-refractivity contribution in [1.82, 2.24) is 4.90 Å². The van der Waals surface area contributed by atoms with E-state index in [1.54, 1.807) is 7.11 Å². The summed E-state index contributed by atoms with van der Waals surface area (Å²) in [5.41, 5.74) is 7.77. The lowest BCUT2D eigenvalue weighted by Crippen LogP contribution is -2.39. The Bertz CT molecular complexity index is 525. The zero-order valence-electron chi connectivity index (χ0n) is 13.1. The molecule has 1 heterocycles. The quantitative estimate of drug-likeness (QED) is 0.870. The van der Waals surface area contributed by atoms with Crippen LogP contribution in [0.3, 0.4) is 0 Å². The summed E-state index contributed by atoms with van der Waals surface area (Å²) in [5, 5.41) is 1.36. The van der Waals surface area contributed by atoms with Gasteiger partial charge in [-0.15, -0.1) is 0 Å². The minimum Gasteiger partial charge on any atom is -0.497 e.